The largest absolute Gasteiger partial charge is 0.394 e. The SMILES string of the molecule is Cc1ccccc1S(=O)(=O)NC1(CO)CCOCC1. The van der Waals surface area contributed by atoms with Gasteiger partial charge < -0.3 is 9.84 Å². The molecule has 6 heteroatoms. The van der Waals surface area contributed by atoms with Gasteiger partial charge in [-0.3, -0.25) is 0 Å². The summed E-state index contributed by atoms with van der Waals surface area (Å²) in [5.41, 5.74) is -0.116. The van der Waals surface area contributed by atoms with Gasteiger partial charge in [-0.1, -0.05) is 18.2 Å². The lowest BCUT2D eigenvalue weighted by molar-refractivity contribution is 0.0223. The first-order valence-corrected chi connectivity index (χ1v) is 7.76. The minimum atomic E-state index is -3.63. The lowest BCUT2D eigenvalue weighted by Gasteiger charge is -2.36. The van der Waals surface area contributed by atoms with Crippen molar-refractivity contribution < 1.29 is 18.3 Å². The van der Waals surface area contributed by atoms with Gasteiger partial charge in [0.05, 0.1) is 17.0 Å². The standard InChI is InChI=1S/C13H19NO4S/c1-11-4-2-3-5-12(11)19(16,17)14-13(10-15)6-8-18-9-7-13/h2-5,14-15H,6-10H2,1H3. The van der Waals surface area contributed by atoms with Gasteiger partial charge in [0, 0.05) is 13.2 Å². The summed E-state index contributed by atoms with van der Waals surface area (Å²) in [6, 6.07) is 6.81. The van der Waals surface area contributed by atoms with Gasteiger partial charge in [0.1, 0.15) is 0 Å². The molecule has 0 aromatic heterocycles. The number of aliphatic hydroxyl groups excluding tert-OH is 1. The molecule has 1 aliphatic rings. The van der Waals surface area contributed by atoms with Crippen LogP contribution in [-0.2, 0) is 14.8 Å². The van der Waals surface area contributed by atoms with E-state index in [1.165, 1.54) is 0 Å². The van der Waals surface area contributed by atoms with Crippen LogP contribution in [0.3, 0.4) is 0 Å². The Labute approximate surface area is 113 Å². The molecule has 0 amide bonds. The summed E-state index contributed by atoms with van der Waals surface area (Å²) >= 11 is 0. The zero-order valence-electron chi connectivity index (χ0n) is 10.9. The van der Waals surface area contributed by atoms with Crippen LogP contribution >= 0.6 is 0 Å². The zero-order valence-corrected chi connectivity index (χ0v) is 11.7. The first-order valence-electron chi connectivity index (χ1n) is 6.27. The lowest BCUT2D eigenvalue weighted by Crippen LogP contribution is -2.54. The van der Waals surface area contributed by atoms with Crippen LogP contribution in [0.15, 0.2) is 29.2 Å². The molecule has 1 saturated heterocycles. The molecule has 0 bridgehead atoms. The van der Waals surface area contributed by atoms with Crippen LogP contribution in [0.2, 0.25) is 0 Å². The number of hydrogen-bond acceptors (Lipinski definition) is 4. The van der Waals surface area contributed by atoms with Crippen LogP contribution in [0.5, 0.6) is 0 Å². The number of ether oxygens (including phenoxy) is 1. The van der Waals surface area contributed by atoms with Crippen molar-refractivity contribution in [2.45, 2.75) is 30.2 Å². The molecule has 2 N–H and O–H groups in total. The summed E-state index contributed by atoms with van der Waals surface area (Å²) in [6.45, 7) is 2.44. The second-order valence-corrected chi connectivity index (χ2v) is 6.57. The number of benzene rings is 1. The fourth-order valence-electron chi connectivity index (χ4n) is 2.25. The maximum Gasteiger partial charge on any atom is 0.241 e. The van der Waals surface area contributed by atoms with Crippen LogP contribution < -0.4 is 4.72 Å². The van der Waals surface area contributed by atoms with Crippen molar-refractivity contribution in [3.05, 3.63) is 29.8 Å². The number of rotatable bonds is 4. The maximum absolute atomic E-state index is 12.4. The summed E-state index contributed by atoms with van der Waals surface area (Å²) in [6.07, 6.45) is 0.962. The molecular formula is C13H19NO4S. The Morgan fingerprint density at radius 2 is 1.95 bits per heavy atom. The molecule has 0 aliphatic carbocycles. The Morgan fingerprint density at radius 3 is 2.53 bits per heavy atom. The number of nitrogens with one attached hydrogen (secondary N) is 1. The molecule has 106 valence electrons. The maximum atomic E-state index is 12.4. The summed E-state index contributed by atoms with van der Waals surface area (Å²) in [5.74, 6) is 0. The molecule has 0 atom stereocenters. The van der Waals surface area contributed by atoms with Gasteiger partial charge in [-0.2, -0.15) is 0 Å². The quantitative estimate of drug-likeness (QED) is 0.858. The van der Waals surface area contributed by atoms with E-state index in [1.807, 2.05) is 0 Å². The van der Waals surface area contributed by atoms with Gasteiger partial charge in [0.15, 0.2) is 0 Å². The van der Waals surface area contributed by atoms with E-state index >= 15 is 0 Å². The lowest BCUT2D eigenvalue weighted by atomic mass is 9.93. The molecule has 1 fully saturated rings. The van der Waals surface area contributed by atoms with Gasteiger partial charge in [0.2, 0.25) is 10.0 Å². The van der Waals surface area contributed by atoms with Crippen LogP contribution in [0, 0.1) is 6.92 Å². The second kappa shape index (κ2) is 5.58. The molecule has 1 aliphatic heterocycles. The predicted molar refractivity (Wildman–Crippen MR) is 71.4 cm³/mol. The smallest absolute Gasteiger partial charge is 0.241 e. The van der Waals surface area contributed by atoms with Crippen LogP contribution in [0.25, 0.3) is 0 Å². The monoisotopic (exact) mass is 285 g/mol. The number of aryl methyl sites for hydroxylation is 1. The Balaban J connectivity index is 2.28. The number of hydrogen-bond donors (Lipinski definition) is 2. The third-order valence-corrected chi connectivity index (χ3v) is 5.23. The fourth-order valence-corrected chi connectivity index (χ4v) is 3.95. The number of aliphatic hydroxyl groups is 1. The molecular weight excluding hydrogens is 266 g/mol. The van der Waals surface area contributed by atoms with Crippen LogP contribution in [0.4, 0.5) is 0 Å². The minimum Gasteiger partial charge on any atom is -0.394 e. The summed E-state index contributed by atoms with van der Waals surface area (Å²) in [4.78, 5) is 0.259. The van der Waals surface area contributed by atoms with E-state index in [-0.39, 0.29) is 11.5 Å². The van der Waals surface area contributed by atoms with Gasteiger partial charge in [-0.05, 0) is 31.4 Å². The van der Waals surface area contributed by atoms with Gasteiger partial charge in [-0.15, -0.1) is 0 Å². The topological polar surface area (TPSA) is 75.6 Å². The zero-order chi connectivity index (χ0) is 13.9. The molecule has 1 aromatic rings. The number of sulfonamides is 1. The Hall–Kier alpha value is -0.950. The highest BCUT2D eigenvalue weighted by atomic mass is 32.2. The highest BCUT2D eigenvalue weighted by molar-refractivity contribution is 7.89. The van der Waals surface area contributed by atoms with Crippen molar-refractivity contribution >= 4 is 10.0 Å². The van der Waals surface area contributed by atoms with Gasteiger partial charge >= 0.3 is 0 Å². The van der Waals surface area contributed by atoms with Crippen molar-refractivity contribution in [3.8, 4) is 0 Å². The van der Waals surface area contributed by atoms with E-state index in [1.54, 1.807) is 31.2 Å². The van der Waals surface area contributed by atoms with Crippen LogP contribution in [0.1, 0.15) is 18.4 Å². The van der Waals surface area contributed by atoms with Crippen LogP contribution in [-0.4, -0.2) is 38.9 Å². The van der Waals surface area contributed by atoms with E-state index in [9.17, 15) is 13.5 Å². The Morgan fingerprint density at radius 1 is 1.32 bits per heavy atom. The molecule has 0 saturated carbocycles. The van der Waals surface area contributed by atoms with Crippen molar-refractivity contribution in [2.75, 3.05) is 19.8 Å². The third kappa shape index (κ3) is 3.14. The first kappa shape index (κ1) is 14.5. The third-order valence-electron chi connectivity index (χ3n) is 3.49. The van der Waals surface area contributed by atoms with E-state index in [0.717, 1.165) is 0 Å². The molecule has 0 spiro atoms. The summed E-state index contributed by atoms with van der Waals surface area (Å²) in [7, 11) is -3.63. The van der Waals surface area contributed by atoms with Crippen molar-refractivity contribution in [3.63, 3.8) is 0 Å². The molecule has 1 heterocycles. The molecule has 2 rings (SSSR count). The average Bonchev–Trinajstić information content (AvgIpc) is 2.39. The van der Waals surface area contributed by atoms with E-state index in [0.29, 0.717) is 31.6 Å². The summed E-state index contributed by atoms with van der Waals surface area (Å²) in [5, 5.41) is 9.54. The van der Waals surface area contributed by atoms with E-state index in [2.05, 4.69) is 4.72 Å². The Bertz CT molecular complexity index is 535. The van der Waals surface area contributed by atoms with Crippen molar-refractivity contribution in [1.29, 1.82) is 0 Å². The predicted octanol–water partition coefficient (Wildman–Crippen LogP) is 0.815. The fraction of sp³-hybridized carbons (Fsp3) is 0.538. The van der Waals surface area contributed by atoms with Crippen molar-refractivity contribution in [1.82, 2.24) is 4.72 Å². The second-order valence-electron chi connectivity index (χ2n) is 4.92. The Kier molecular flexibility index (Phi) is 4.25. The highest BCUT2D eigenvalue weighted by Gasteiger charge is 2.36. The highest BCUT2D eigenvalue weighted by Crippen LogP contribution is 2.24. The van der Waals surface area contributed by atoms with Gasteiger partial charge in [0.25, 0.3) is 0 Å². The molecule has 5 nitrogen and oxygen atoms in total. The summed E-state index contributed by atoms with van der Waals surface area (Å²) < 4.78 is 32.7. The molecule has 0 radical (unpaired) electrons. The van der Waals surface area contributed by atoms with Crippen molar-refractivity contribution in [2.24, 2.45) is 0 Å². The molecule has 19 heavy (non-hydrogen) atoms. The van der Waals surface area contributed by atoms with E-state index in [4.69, 9.17) is 4.74 Å². The van der Waals surface area contributed by atoms with Gasteiger partial charge in [-0.25, -0.2) is 13.1 Å². The molecule has 1 aromatic carbocycles. The minimum absolute atomic E-state index is 0.221. The first-order chi connectivity index (χ1) is 8.99. The molecule has 0 unspecified atom stereocenters. The average molecular weight is 285 g/mol. The normalized spacial score (nSPS) is 19.3. The van der Waals surface area contributed by atoms with E-state index < -0.39 is 15.6 Å².